The minimum absolute atomic E-state index is 0.221. The van der Waals surface area contributed by atoms with Crippen molar-refractivity contribution < 1.29 is 19.4 Å². The predicted molar refractivity (Wildman–Crippen MR) is 63.9 cm³/mol. The fourth-order valence-corrected chi connectivity index (χ4v) is 3.74. The molecule has 5 atom stereocenters. The topological polar surface area (TPSA) is 66.9 Å². The van der Waals surface area contributed by atoms with Gasteiger partial charge in [-0.3, -0.25) is 9.59 Å². The van der Waals surface area contributed by atoms with Gasteiger partial charge in [-0.15, -0.1) is 0 Å². The maximum Gasteiger partial charge on any atom is 0.215 e. The van der Waals surface area contributed by atoms with Crippen LogP contribution in [0.5, 0.6) is 0 Å². The smallest absolute Gasteiger partial charge is 0.215 e. The maximum absolute atomic E-state index is 12.1. The molecule has 0 radical (unpaired) electrons. The highest BCUT2D eigenvalue weighted by atomic mass is 16.6. The van der Waals surface area contributed by atoms with Crippen molar-refractivity contribution in [3.8, 4) is 0 Å². The quantitative estimate of drug-likeness (QED) is 0.557. The van der Waals surface area contributed by atoms with E-state index in [9.17, 15) is 14.7 Å². The van der Waals surface area contributed by atoms with Crippen molar-refractivity contribution in [2.24, 2.45) is 11.3 Å². The van der Waals surface area contributed by atoms with Gasteiger partial charge in [-0.25, -0.2) is 0 Å². The number of aliphatic hydroxyl groups excluding tert-OH is 1. The molecule has 1 saturated carbocycles. The maximum atomic E-state index is 12.1. The van der Waals surface area contributed by atoms with Crippen molar-refractivity contribution in [3.05, 3.63) is 11.6 Å². The molecule has 0 aromatic rings. The molecule has 2 fully saturated rings. The lowest BCUT2D eigenvalue weighted by Gasteiger charge is -2.45. The third-order valence-corrected chi connectivity index (χ3v) is 5.21. The Bertz CT molecular complexity index is 480. The molecular weight excluding hydrogens is 232 g/mol. The van der Waals surface area contributed by atoms with Crippen molar-refractivity contribution in [3.63, 3.8) is 0 Å². The number of aliphatic hydroxyl groups is 1. The molecule has 1 saturated heterocycles. The first-order chi connectivity index (χ1) is 8.35. The van der Waals surface area contributed by atoms with Crippen molar-refractivity contribution in [1.82, 2.24) is 0 Å². The number of carbonyl (C=O) groups is 2. The summed E-state index contributed by atoms with van der Waals surface area (Å²) in [7, 11) is 0. The molecule has 98 valence electrons. The average molecular weight is 250 g/mol. The number of carbonyl (C=O) groups excluding carboxylic acids is 2. The van der Waals surface area contributed by atoms with Crippen LogP contribution in [0.25, 0.3) is 0 Å². The van der Waals surface area contributed by atoms with Crippen LogP contribution in [0.2, 0.25) is 0 Å². The third kappa shape index (κ3) is 1.13. The van der Waals surface area contributed by atoms with E-state index in [1.807, 2.05) is 6.92 Å². The number of ether oxygens (including phenoxy) is 1. The van der Waals surface area contributed by atoms with E-state index in [4.69, 9.17) is 4.74 Å². The van der Waals surface area contributed by atoms with Crippen molar-refractivity contribution in [2.75, 3.05) is 0 Å². The Labute approximate surface area is 106 Å². The molecular formula is C14H18O4. The van der Waals surface area contributed by atoms with Crippen molar-refractivity contribution >= 4 is 11.6 Å². The molecule has 3 aliphatic rings. The Balaban J connectivity index is 2.13. The zero-order valence-corrected chi connectivity index (χ0v) is 10.9. The van der Waals surface area contributed by atoms with E-state index in [-0.39, 0.29) is 17.7 Å². The van der Waals surface area contributed by atoms with Crippen molar-refractivity contribution in [1.29, 1.82) is 0 Å². The molecule has 1 heterocycles. The Kier molecular flexibility index (Phi) is 2.21. The lowest BCUT2D eigenvalue weighted by Crippen LogP contribution is -2.51. The molecule has 1 aliphatic heterocycles. The summed E-state index contributed by atoms with van der Waals surface area (Å²) < 4.78 is 5.57. The fraction of sp³-hybridized carbons (Fsp3) is 0.714. The Hall–Kier alpha value is -1.00. The summed E-state index contributed by atoms with van der Waals surface area (Å²) >= 11 is 0. The summed E-state index contributed by atoms with van der Waals surface area (Å²) in [5.41, 5.74) is -0.883. The first-order valence-electron chi connectivity index (χ1n) is 6.48. The lowest BCUT2D eigenvalue weighted by molar-refractivity contribution is -0.131. The number of epoxide rings is 1. The van der Waals surface area contributed by atoms with Gasteiger partial charge in [0.1, 0.15) is 6.10 Å². The average Bonchev–Trinajstić information content (AvgIpc) is 3.06. The molecule has 0 aromatic carbocycles. The second-order valence-electron chi connectivity index (χ2n) is 6.03. The molecule has 2 aliphatic carbocycles. The standard InChI is InChI=1S/C14H18O4/c1-7-4-5-10(16)9-6-11(17)14(8(2)15)12(18-14)13(7,9)3/h6-7,10,12,16H,4-5H2,1-3H3/t7-,10+,12+,13+,14-/m0/s1. The zero-order chi connectivity index (χ0) is 13.3. The van der Waals surface area contributed by atoms with Crippen LogP contribution in [0, 0.1) is 11.3 Å². The Morgan fingerprint density at radius 2 is 2.17 bits per heavy atom. The van der Waals surface area contributed by atoms with E-state index in [1.54, 1.807) is 0 Å². The van der Waals surface area contributed by atoms with Gasteiger partial charge in [-0.2, -0.15) is 0 Å². The first kappa shape index (κ1) is 12.1. The van der Waals surface area contributed by atoms with Crippen LogP contribution in [0.4, 0.5) is 0 Å². The second-order valence-corrected chi connectivity index (χ2v) is 6.03. The highest BCUT2D eigenvalue weighted by Gasteiger charge is 2.75. The van der Waals surface area contributed by atoms with Gasteiger partial charge in [-0.1, -0.05) is 13.8 Å². The summed E-state index contributed by atoms with van der Waals surface area (Å²) in [6.07, 6.45) is 2.06. The molecule has 18 heavy (non-hydrogen) atoms. The summed E-state index contributed by atoms with van der Waals surface area (Å²) in [5.74, 6) is -0.214. The van der Waals surface area contributed by atoms with E-state index in [0.717, 1.165) is 12.0 Å². The largest absolute Gasteiger partial charge is 0.389 e. The molecule has 0 amide bonds. The van der Waals surface area contributed by atoms with Crippen LogP contribution in [-0.4, -0.2) is 34.5 Å². The number of Topliss-reactive ketones (excluding diaryl/α,β-unsaturated/α-hetero) is 1. The molecule has 0 aromatic heterocycles. The number of rotatable bonds is 1. The molecule has 1 N–H and O–H groups in total. The van der Waals surface area contributed by atoms with E-state index in [2.05, 4.69) is 6.92 Å². The zero-order valence-electron chi connectivity index (χ0n) is 10.9. The summed E-state index contributed by atoms with van der Waals surface area (Å²) in [5, 5.41) is 10.1. The van der Waals surface area contributed by atoms with Gasteiger partial charge in [0.25, 0.3) is 0 Å². The molecule has 0 spiro atoms. The minimum atomic E-state index is -1.25. The van der Waals surface area contributed by atoms with Gasteiger partial charge in [0.15, 0.2) is 11.6 Å². The summed E-state index contributed by atoms with van der Waals surface area (Å²) in [4.78, 5) is 23.9. The highest BCUT2D eigenvalue weighted by Crippen LogP contribution is 2.61. The van der Waals surface area contributed by atoms with Gasteiger partial charge < -0.3 is 9.84 Å². The molecule has 4 nitrogen and oxygen atoms in total. The number of ketones is 2. The minimum Gasteiger partial charge on any atom is -0.389 e. The van der Waals surface area contributed by atoms with Crippen LogP contribution in [0.15, 0.2) is 11.6 Å². The van der Waals surface area contributed by atoms with Gasteiger partial charge in [0.05, 0.1) is 6.10 Å². The normalized spacial score (nSPS) is 50.1. The monoisotopic (exact) mass is 250 g/mol. The van der Waals surface area contributed by atoms with Gasteiger partial charge in [-0.05, 0) is 37.3 Å². The van der Waals surface area contributed by atoms with E-state index in [0.29, 0.717) is 12.3 Å². The van der Waals surface area contributed by atoms with E-state index >= 15 is 0 Å². The molecule has 0 unspecified atom stereocenters. The molecule has 3 rings (SSSR count). The highest BCUT2D eigenvalue weighted by molar-refractivity contribution is 6.18. The number of hydrogen-bond donors (Lipinski definition) is 1. The Morgan fingerprint density at radius 1 is 1.50 bits per heavy atom. The first-order valence-corrected chi connectivity index (χ1v) is 6.48. The van der Waals surface area contributed by atoms with Gasteiger partial charge in [0.2, 0.25) is 5.60 Å². The fourth-order valence-electron chi connectivity index (χ4n) is 3.74. The molecule has 0 bridgehead atoms. The van der Waals surface area contributed by atoms with Crippen LogP contribution in [-0.2, 0) is 14.3 Å². The van der Waals surface area contributed by atoms with E-state index in [1.165, 1.54) is 13.0 Å². The van der Waals surface area contributed by atoms with Crippen molar-refractivity contribution in [2.45, 2.75) is 51.4 Å². The van der Waals surface area contributed by atoms with Crippen LogP contribution in [0.1, 0.15) is 33.6 Å². The van der Waals surface area contributed by atoms with Crippen LogP contribution < -0.4 is 0 Å². The van der Waals surface area contributed by atoms with Crippen LogP contribution >= 0.6 is 0 Å². The van der Waals surface area contributed by atoms with E-state index < -0.39 is 17.1 Å². The third-order valence-electron chi connectivity index (χ3n) is 5.21. The Morgan fingerprint density at radius 3 is 2.78 bits per heavy atom. The molecule has 4 heteroatoms. The second kappa shape index (κ2) is 3.31. The summed E-state index contributed by atoms with van der Waals surface area (Å²) in [6.45, 7) is 5.51. The predicted octanol–water partition coefficient (Wildman–Crippen LogP) is 1.02. The summed E-state index contributed by atoms with van der Waals surface area (Å²) in [6, 6.07) is 0. The van der Waals surface area contributed by atoms with Crippen LogP contribution in [0.3, 0.4) is 0 Å². The van der Waals surface area contributed by atoms with Gasteiger partial charge in [0, 0.05) is 5.41 Å². The lowest BCUT2D eigenvalue weighted by atomic mass is 9.57. The number of fused-ring (bicyclic) bond motifs is 3. The number of hydrogen-bond acceptors (Lipinski definition) is 4. The SMILES string of the molecule is CC(=O)[C@@]12O[C@@H]1[C@@]1(C)C(=CC2=O)[C@H](O)CC[C@@H]1C. The van der Waals surface area contributed by atoms with Gasteiger partial charge >= 0.3 is 0 Å².